The molecule has 0 saturated carbocycles. The maximum atomic E-state index is 5.36. The van der Waals surface area contributed by atoms with Gasteiger partial charge >= 0.3 is 0 Å². The minimum Gasteiger partial charge on any atom is -0.329 e. The molecule has 0 heterocycles. The first-order chi connectivity index (χ1) is 6.83. The van der Waals surface area contributed by atoms with Crippen LogP contribution in [0.1, 0.15) is 0 Å². The van der Waals surface area contributed by atoms with Gasteiger partial charge in [-0.1, -0.05) is 15.9 Å². The molecule has 3 N–H and O–H groups in total. The SMILES string of the molecule is Cl.Cl.NCCNCCSc1ccc(Br)cc1. The smallest absolute Gasteiger partial charge is 0.0176 e. The summed E-state index contributed by atoms with van der Waals surface area (Å²) in [6, 6.07) is 8.38. The van der Waals surface area contributed by atoms with Gasteiger partial charge in [-0.3, -0.25) is 0 Å². The summed E-state index contributed by atoms with van der Waals surface area (Å²) in [6.07, 6.45) is 0. The zero-order valence-electron chi connectivity index (χ0n) is 8.82. The van der Waals surface area contributed by atoms with E-state index in [4.69, 9.17) is 5.73 Å². The standard InChI is InChI=1S/C10H15BrN2S.2ClH/c11-9-1-3-10(4-2-9)14-8-7-13-6-5-12;;/h1-4,13H,5-8,12H2;2*1H. The summed E-state index contributed by atoms with van der Waals surface area (Å²) in [5.41, 5.74) is 5.36. The van der Waals surface area contributed by atoms with Crippen LogP contribution in [0.3, 0.4) is 0 Å². The molecule has 0 fully saturated rings. The molecule has 94 valence electrons. The Kier molecular flexibility index (Phi) is 14.2. The molecule has 0 saturated heterocycles. The van der Waals surface area contributed by atoms with Crippen LogP contribution < -0.4 is 11.1 Å². The highest BCUT2D eigenvalue weighted by Gasteiger charge is 1.93. The van der Waals surface area contributed by atoms with Crippen molar-refractivity contribution in [1.82, 2.24) is 5.32 Å². The number of nitrogens with one attached hydrogen (secondary N) is 1. The number of benzene rings is 1. The van der Waals surface area contributed by atoms with Gasteiger partial charge < -0.3 is 11.1 Å². The molecule has 0 radical (unpaired) electrons. The molecule has 0 aliphatic carbocycles. The monoisotopic (exact) mass is 346 g/mol. The number of hydrogen-bond acceptors (Lipinski definition) is 3. The van der Waals surface area contributed by atoms with Gasteiger partial charge in [-0.25, -0.2) is 0 Å². The molecular formula is C10H17BrCl2N2S. The molecule has 1 rings (SSSR count). The van der Waals surface area contributed by atoms with E-state index in [1.54, 1.807) is 0 Å². The van der Waals surface area contributed by atoms with E-state index in [2.05, 4.69) is 45.5 Å². The summed E-state index contributed by atoms with van der Waals surface area (Å²) < 4.78 is 1.13. The van der Waals surface area contributed by atoms with Crippen LogP contribution in [0.25, 0.3) is 0 Å². The van der Waals surface area contributed by atoms with Crippen molar-refractivity contribution in [1.29, 1.82) is 0 Å². The lowest BCUT2D eigenvalue weighted by Gasteiger charge is -2.03. The van der Waals surface area contributed by atoms with E-state index in [1.807, 2.05) is 11.8 Å². The Hall–Kier alpha value is 0.550. The minimum atomic E-state index is 0. The average Bonchev–Trinajstić information content (AvgIpc) is 2.21. The molecule has 0 aromatic heterocycles. The molecule has 0 aliphatic heterocycles. The maximum Gasteiger partial charge on any atom is 0.0176 e. The normalized spacial score (nSPS) is 9.12. The third-order valence-corrected chi connectivity index (χ3v) is 3.22. The Morgan fingerprint density at radius 2 is 1.75 bits per heavy atom. The molecule has 16 heavy (non-hydrogen) atoms. The highest BCUT2D eigenvalue weighted by molar-refractivity contribution is 9.10. The van der Waals surface area contributed by atoms with Gasteiger partial charge in [0.05, 0.1) is 0 Å². The summed E-state index contributed by atoms with van der Waals surface area (Å²) in [6.45, 7) is 2.63. The molecular weight excluding hydrogens is 331 g/mol. The minimum absolute atomic E-state index is 0. The third-order valence-electron chi connectivity index (χ3n) is 1.68. The van der Waals surface area contributed by atoms with Crippen molar-refractivity contribution in [2.45, 2.75) is 4.90 Å². The van der Waals surface area contributed by atoms with Crippen LogP contribution in [0, 0.1) is 0 Å². The number of nitrogens with two attached hydrogens (primary N) is 1. The second-order valence-electron chi connectivity index (χ2n) is 2.84. The number of rotatable bonds is 6. The fraction of sp³-hybridized carbons (Fsp3) is 0.400. The summed E-state index contributed by atoms with van der Waals surface area (Å²) >= 11 is 5.27. The number of hydrogen-bond donors (Lipinski definition) is 2. The Balaban J connectivity index is 0. The zero-order chi connectivity index (χ0) is 10.2. The van der Waals surface area contributed by atoms with Gasteiger partial charge in [-0.2, -0.15) is 0 Å². The van der Waals surface area contributed by atoms with Gasteiger partial charge in [0.15, 0.2) is 0 Å². The lowest BCUT2D eigenvalue weighted by molar-refractivity contribution is 0.729. The lowest BCUT2D eigenvalue weighted by Crippen LogP contribution is -2.24. The molecule has 0 amide bonds. The molecule has 1 aromatic rings. The predicted molar refractivity (Wildman–Crippen MR) is 81.3 cm³/mol. The van der Waals surface area contributed by atoms with Crippen LogP contribution in [0.15, 0.2) is 33.6 Å². The van der Waals surface area contributed by atoms with Crippen molar-refractivity contribution in [2.75, 3.05) is 25.4 Å². The summed E-state index contributed by atoms with van der Waals surface area (Å²) in [5.74, 6) is 1.08. The van der Waals surface area contributed by atoms with Crippen LogP contribution in [0.4, 0.5) is 0 Å². The first-order valence-electron chi connectivity index (χ1n) is 4.62. The molecule has 6 heteroatoms. The van der Waals surface area contributed by atoms with Crippen LogP contribution >= 0.6 is 52.5 Å². The Bertz CT molecular complexity index is 260. The molecule has 0 unspecified atom stereocenters. The topological polar surface area (TPSA) is 38.0 Å². The van der Waals surface area contributed by atoms with E-state index < -0.39 is 0 Å². The first-order valence-corrected chi connectivity index (χ1v) is 6.40. The van der Waals surface area contributed by atoms with E-state index in [0.717, 1.165) is 23.3 Å². The fourth-order valence-corrected chi connectivity index (χ4v) is 2.07. The molecule has 0 bridgehead atoms. The van der Waals surface area contributed by atoms with Crippen molar-refractivity contribution in [3.8, 4) is 0 Å². The second kappa shape index (κ2) is 12.0. The van der Waals surface area contributed by atoms with Crippen LogP contribution in [-0.4, -0.2) is 25.4 Å². The van der Waals surface area contributed by atoms with Crippen molar-refractivity contribution in [3.05, 3.63) is 28.7 Å². The van der Waals surface area contributed by atoms with Gasteiger partial charge in [0.2, 0.25) is 0 Å². The first kappa shape index (κ1) is 18.9. The van der Waals surface area contributed by atoms with Crippen LogP contribution in [0.5, 0.6) is 0 Å². The number of thioether (sulfide) groups is 1. The summed E-state index contributed by atoms with van der Waals surface area (Å²) in [5, 5.41) is 3.26. The molecule has 0 aliphatic rings. The highest BCUT2D eigenvalue weighted by atomic mass is 79.9. The Labute approximate surface area is 122 Å². The Morgan fingerprint density at radius 3 is 2.31 bits per heavy atom. The van der Waals surface area contributed by atoms with Crippen molar-refractivity contribution >= 4 is 52.5 Å². The average molecular weight is 348 g/mol. The third kappa shape index (κ3) is 8.67. The van der Waals surface area contributed by atoms with E-state index >= 15 is 0 Å². The zero-order valence-corrected chi connectivity index (χ0v) is 12.9. The van der Waals surface area contributed by atoms with Gasteiger partial charge in [-0.15, -0.1) is 36.6 Å². The van der Waals surface area contributed by atoms with Crippen LogP contribution in [0.2, 0.25) is 0 Å². The van der Waals surface area contributed by atoms with Gasteiger partial charge in [0, 0.05) is 34.8 Å². The van der Waals surface area contributed by atoms with E-state index in [0.29, 0.717) is 6.54 Å². The second-order valence-corrected chi connectivity index (χ2v) is 4.93. The Morgan fingerprint density at radius 1 is 1.12 bits per heavy atom. The molecule has 0 atom stereocenters. The molecule has 1 aromatic carbocycles. The predicted octanol–water partition coefficient (Wildman–Crippen LogP) is 2.93. The molecule has 2 nitrogen and oxygen atoms in total. The fourth-order valence-electron chi connectivity index (χ4n) is 0.999. The lowest BCUT2D eigenvalue weighted by atomic mass is 10.4. The van der Waals surface area contributed by atoms with Crippen LogP contribution in [-0.2, 0) is 0 Å². The van der Waals surface area contributed by atoms with E-state index in [-0.39, 0.29) is 24.8 Å². The van der Waals surface area contributed by atoms with Gasteiger partial charge in [-0.05, 0) is 24.3 Å². The quantitative estimate of drug-likeness (QED) is 0.613. The van der Waals surface area contributed by atoms with Gasteiger partial charge in [0.1, 0.15) is 0 Å². The summed E-state index contributed by atoms with van der Waals surface area (Å²) in [4.78, 5) is 1.31. The van der Waals surface area contributed by atoms with Crippen molar-refractivity contribution < 1.29 is 0 Å². The van der Waals surface area contributed by atoms with Gasteiger partial charge in [0.25, 0.3) is 0 Å². The maximum absolute atomic E-state index is 5.36. The van der Waals surface area contributed by atoms with E-state index in [1.165, 1.54) is 4.90 Å². The highest BCUT2D eigenvalue weighted by Crippen LogP contribution is 2.19. The summed E-state index contributed by atoms with van der Waals surface area (Å²) in [7, 11) is 0. The number of halogens is 3. The van der Waals surface area contributed by atoms with Crippen molar-refractivity contribution in [3.63, 3.8) is 0 Å². The largest absolute Gasteiger partial charge is 0.329 e. The van der Waals surface area contributed by atoms with E-state index in [9.17, 15) is 0 Å². The molecule has 0 spiro atoms. The van der Waals surface area contributed by atoms with Crippen molar-refractivity contribution in [2.24, 2.45) is 5.73 Å².